The van der Waals surface area contributed by atoms with Crippen molar-refractivity contribution in [3.8, 4) is 0 Å². The average Bonchev–Trinajstić information content (AvgIpc) is 2.82. The number of aromatic nitrogens is 1. The van der Waals surface area contributed by atoms with Gasteiger partial charge in [0.2, 0.25) is 5.91 Å². The highest BCUT2D eigenvalue weighted by atomic mass is 16.2. The van der Waals surface area contributed by atoms with Crippen LogP contribution in [0.1, 0.15) is 44.8 Å². The Labute approximate surface area is 121 Å². The lowest BCUT2D eigenvalue weighted by Crippen LogP contribution is -2.13. The first-order valence-corrected chi connectivity index (χ1v) is 7.30. The van der Waals surface area contributed by atoms with Gasteiger partial charge in [-0.1, -0.05) is 36.8 Å². The Hall–Kier alpha value is -1.83. The fraction of sp³-hybridized carbons (Fsp3) is 0.389. The van der Waals surface area contributed by atoms with Gasteiger partial charge in [-0.2, -0.15) is 0 Å². The molecule has 2 nitrogen and oxygen atoms in total. The zero-order valence-electron chi connectivity index (χ0n) is 12.6. The molecule has 0 radical (unpaired) electrons. The molecule has 106 valence electrons. The first kappa shape index (κ1) is 14.6. The van der Waals surface area contributed by atoms with E-state index in [0.29, 0.717) is 12.3 Å². The van der Waals surface area contributed by atoms with Crippen LogP contribution in [0.5, 0.6) is 0 Å². The fourth-order valence-electron chi connectivity index (χ4n) is 2.46. The van der Waals surface area contributed by atoms with E-state index in [1.54, 1.807) is 4.57 Å². The summed E-state index contributed by atoms with van der Waals surface area (Å²) in [5.74, 6) is 0.607. The third-order valence-electron chi connectivity index (χ3n) is 3.60. The molecule has 1 aromatic carbocycles. The van der Waals surface area contributed by atoms with Gasteiger partial charge in [-0.05, 0) is 44.7 Å². The summed E-state index contributed by atoms with van der Waals surface area (Å²) in [6, 6.07) is 10.0. The van der Waals surface area contributed by atoms with Gasteiger partial charge in [0.15, 0.2) is 0 Å². The summed E-state index contributed by atoms with van der Waals surface area (Å²) in [4.78, 5) is 12.4. The number of nitrogens with zero attached hydrogens (tertiary/aromatic N) is 1. The van der Waals surface area contributed by atoms with Gasteiger partial charge in [0, 0.05) is 18.0 Å². The third-order valence-corrected chi connectivity index (χ3v) is 3.60. The molecule has 0 saturated heterocycles. The first-order valence-electron chi connectivity index (χ1n) is 7.30. The Morgan fingerprint density at radius 1 is 1.25 bits per heavy atom. The third kappa shape index (κ3) is 3.60. The van der Waals surface area contributed by atoms with Crippen molar-refractivity contribution < 1.29 is 4.79 Å². The second-order valence-electron chi connectivity index (χ2n) is 5.81. The van der Waals surface area contributed by atoms with Crippen molar-refractivity contribution in [1.29, 1.82) is 0 Å². The first-order chi connectivity index (χ1) is 9.58. The quantitative estimate of drug-likeness (QED) is 0.696. The molecule has 1 unspecified atom stereocenters. The second kappa shape index (κ2) is 6.56. The van der Waals surface area contributed by atoms with Gasteiger partial charge >= 0.3 is 0 Å². The molecule has 0 fully saturated rings. The Bertz CT molecular complexity index is 617. The highest BCUT2D eigenvalue weighted by molar-refractivity contribution is 5.92. The van der Waals surface area contributed by atoms with E-state index in [-0.39, 0.29) is 5.91 Å². The van der Waals surface area contributed by atoms with Crippen molar-refractivity contribution in [1.82, 2.24) is 4.57 Å². The Morgan fingerprint density at radius 2 is 2.00 bits per heavy atom. The molecule has 0 spiro atoms. The minimum absolute atomic E-state index is 0.191. The van der Waals surface area contributed by atoms with E-state index in [1.165, 1.54) is 5.57 Å². The highest BCUT2D eigenvalue weighted by Gasteiger charge is 2.12. The van der Waals surface area contributed by atoms with Gasteiger partial charge in [-0.15, -0.1) is 0 Å². The van der Waals surface area contributed by atoms with E-state index in [1.807, 2.05) is 36.5 Å². The van der Waals surface area contributed by atoms with E-state index in [2.05, 4.69) is 26.8 Å². The van der Waals surface area contributed by atoms with Crippen LogP contribution in [0.2, 0.25) is 0 Å². The molecule has 1 atom stereocenters. The number of hydrogen-bond acceptors (Lipinski definition) is 1. The number of benzene rings is 1. The second-order valence-corrected chi connectivity index (χ2v) is 5.81. The summed E-state index contributed by atoms with van der Waals surface area (Å²) < 4.78 is 1.78. The SMILES string of the molecule is CC(C)=CCCC(C)CC(=O)n1ccc2ccccc21. The van der Waals surface area contributed by atoms with Gasteiger partial charge in [0.05, 0.1) is 5.52 Å². The van der Waals surface area contributed by atoms with Gasteiger partial charge in [-0.3, -0.25) is 9.36 Å². The van der Waals surface area contributed by atoms with Crippen molar-refractivity contribution in [3.05, 3.63) is 48.2 Å². The molecule has 1 aromatic heterocycles. The van der Waals surface area contributed by atoms with Crippen molar-refractivity contribution >= 4 is 16.8 Å². The monoisotopic (exact) mass is 269 g/mol. The van der Waals surface area contributed by atoms with Crippen molar-refractivity contribution in [3.63, 3.8) is 0 Å². The Kier molecular flexibility index (Phi) is 4.78. The zero-order chi connectivity index (χ0) is 14.5. The molecule has 0 saturated carbocycles. The lowest BCUT2D eigenvalue weighted by atomic mass is 10.0. The number of para-hydroxylation sites is 1. The molecular weight excluding hydrogens is 246 g/mol. The molecule has 0 bridgehead atoms. The molecular formula is C18H23NO. The summed E-state index contributed by atoms with van der Waals surface area (Å²) >= 11 is 0. The van der Waals surface area contributed by atoms with Crippen LogP contribution in [0.4, 0.5) is 0 Å². The minimum atomic E-state index is 0.191. The molecule has 0 aliphatic carbocycles. The van der Waals surface area contributed by atoms with Crippen LogP contribution in [0.25, 0.3) is 10.9 Å². The molecule has 0 aliphatic heterocycles. The van der Waals surface area contributed by atoms with Crippen LogP contribution in [0, 0.1) is 5.92 Å². The standard InChI is InChI=1S/C18H23NO/c1-14(2)7-6-8-15(3)13-18(20)19-12-11-16-9-4-5-10-17(16)19/h4-5,7,9-12,15H,6,8,13H2,1-3H3. The number of carbonyl (C=O) groups excluding carboxylic acids is 1. The van der Waals surface area contributed by atoms with E-state index >= 15 is 0 Å². The number of allylic oxidation sites excluding steroid dienone is 2. The minimum Gasteiger partial charge on any atom is -0.287 e. The number of fused-ring (bicyclic) bond motifs is 1. The van der Waals surface area contributed by atoms with Gasteiger partial charge in [-0.25, -0.2) is 0 Å². The molecule has 1 heterocycles. The van der Waals surface area contributed by atoms with Crippen LogP contribution in [-0.4, -0.2) is 10.5 Å². The van der Waals surface area contributed by atoms with Crippen LogP contribution in [0.15, 0.2) is 48.2 Å². The Morgan fingerprint density at radius 3 is 2.75 bits per heavy atom. The fourth-order valence-corrected chi connectivity index (χ4v) is 2.46. The molecule has 0 N–H and O–H groups in total. The van der Waals surface area contributed by atoms with E-state index in [4.69, 9.17) is 0 Å². The normalized spacial score (nSPS) is 12.3. The van der Waals surface area contributed by atoms with E-state index < -0.39 is 0 Å². The molecule has 2 aromatic rings. The molecule has 0 aliphatic rings. The van der Waals surface area contributed by atoms with Crippen LogP contribution >= 0.6 is 0 Å². The van der Waals surface area contributed by atoms with Crippen molar-refractivity contribution in [2.45, 2.75) is 40.0 Å². The van der Waals surface area contributed by atoms with Crippen molar-refractivity contribution in [2.75, 3.05) is 0 Å². The van der Waals surface area contributed by atoms with Gasteiger partial charge in [0.1, 0.15) is 0 Å². The van der Waals surface area contributed by atoms with Crippen molar-refractivity contribution in [2.24, 2.45) is 5.92 Å². The largest absolute Gasteiger partial charge is 0.287 e. The summed E-state index contributed by atoms with van der Waals surface area (Å²) in [7, 11) is 0. The molecule has 0 amide bonds. The van der Waals surface area contributed by atoms with Crippen LogP contribution in [0.3, 0.4) is 0 Å². The number of rotatable bonds is 5. The van der Waals surface area contributed by atoms with Gasteiger partial charge in [0.25, 0.3) is 0 Å². The zero-order valence-corrected chi connectivity index (χ0v) is 12.6. The molecule has 20 heavy (non-hydrogen) atoms. The maximum absolute atomic E-state index is 12.4. The van der Waals surface area contributed by atoms with Gasteiger partial charge < -0.3 is 0 Å². The Balaban J connectivity index is 1.99. The summed E-state index contributed by atoms with van der Waals surface area (Å²) in [5, 5.41) is 1.12. The van der Waals surface area contributed by atoms with Crippen LogP contribution < -0.4 is 0 Å². The lowest BCUT2D eigenvalue weighted by Gasteiger charge is -2.10. The summed E-state index contributed by atoms with van der Waals surface area (Å²) in [6.07, 6.45) is 6.86. The highest BCUT2D eigenvalue weighted by Crippen LogP contribution is 2.18. The van der Waals surface area contributed by atoms with E-state index in [0.717, 1.165) is 23.7 Å². The maximum Gasteiger partial charge on any atom is 0.231 e. The molecule has 2 rings (SSSR count). The maximum atomic E-state index is 12.4. The van der Waals surface area contributed by atoms with E-state index in [9.17, 15) is 4.79 Å². The number of carbonyl (C=O) groups is 1. The van der Waals surface area contributed by atoms with Crippen LogP contribution in [-0.2, 0) is 0 Å². The topological polar surface area (TPSA) is 22.0 Å². The molecule has 2 heteroatoms. The smallest absolute Gasteiger partial charge is 0.231 e. The average molecular weight is 269 g/mol. The lowest BCUT2D eigenvalue weighted by molar-refractivity contribution is 0.0887. The predicted octanol–water partition coefficient (Wildman–Crippen LogP) is 5.05. The predicted molar refractivity (Wildman–Crippen MR) is 85.0 cm³/mol. The number of hydrogen-bond donors (Lipinski definition) is 0. The summed E-state index contributed by atoms with van der Waals surface area (Å²) in [5.41, 5.74) is 2.36. The summed E-state index contributed by atoms with van der Waals surface area (Å²) in [6.45, 7) is 6.38.